The van der Waals surface area contributed by atoms with Crippen LogP contribution in [-0.4, -0.2) is 29.4 Å². The van der Waals surface area contributed by atoms with E-state index in [1.807, 2.05) is 12.4 Å². The van der Waals surface area contributed by atoms with Crippen LogP contribution in [0.15, 0.2) is 16.6 Å². The highest BCUT2D eigenvalue weighted by Gasteiger charge is 2.22. The Morgan fingerprint density at radius 2 is 2.25 bits per heavy atom. The average Bonchev–Trinajstić information content (AvgIpc) is 2.25. The van der Waals surface area contributed by atoms with Crippen molar-refractivity contribution in [3.8, 4) is 6.19 Å². The lowest BCUT2D eigenvalue weighted by atomic mass is 9.83. The molecule has 1 heterocycles. The third kappa shape index (κ3) is 3.28. The van der Waals surface area contributed by atoms with Gasteiger partial charge in [-0.25, -0.2) is 0 Å². The highest BCUT2D eigenvalue weighted by Crippen LogP contribution is 2.30. The summed E-state index contributed by atoms with van der Waals surface area (Å²) in [6, 6.07) is 0. The highest BCUT2D eigenvalue weighted by atomic mass is 32.2. The minimum absolute atomic E-state index is 0.262. The third-order valence-electron chi connectivity index (χ3n) is 2.77. The Morgan fingerprint density at radius 1 is 1.56 bits per heavy atom. The van der Waals surface area contributed by atoms with Crippen LogP contribution in [0.1, 0.15) is 27.2 Å². The highest BCUT2D eigenvalue weighted by molar-refractivity contribution is 8.13. The first kappa shape index (κ1) is 13.1. The van der Waals surface area contributed by atoms with Gasteiger partial charge in [0, 0.05) is 13.1 Å². The van der Waals surface area contributed by atoms with E-state index in [2.05, 4.69) is 36.7 Å². The van der Waals surface area contributed by atoms with E-state index in [1.165, 1.54) is 17.3 Å². The van der Waals surface area contributed by atoms with Crippen molar-refractivity contribution in [3.05, 3.63) is 11.6 Å². The van der Waals surface area contributed by atoms with Crippen LogP contribution in [0, 0.1) is 16.9 Å². The van der Waals surface area contributed by atoms with Gasteiger partial charge in [0.2, 0.25) is 6.19 Å². The molecule has 0 radical (unpaired) electrons. The Balaban J connectivity index is 2.71. The monoisotopic (exact) mass is 237 g/mol. The normalized spacial score (nSPS) is 18.1. The van der Waals surface area contributed by atoms with E-state index in [0.717, 1.165) is 24.7 Å². The van der Waals surface area contributed by atoms with Crippen LogP contribution in [-0.2, 0) is 0 Å². The molecule has 0 aromatic rings. The van der Waals surface area contributed by atoms with E-state index in [4.69, 9.17) is 5.26 Å². The van der Waals surface area contributed by atoms with Gasteiger partial charge in [-0.05, 0) is 18.1 Å². The molecule has 1 aliphatic heterocycles. The molecule has 0 bridgehead atoms. The van der Waals surface area contributed by atoms with Crippen molar-refractivity contribution in [1.29, 1.82) is 5.26 Å². The van der Waals surface area contributed by atoms with Gasteiger partial charge in [0.15, 0.2) is 5.17 Å². The first-order chi connectivity index (χ1) is 7.49. The summed E-state index contributed by atoms with van der Waals surface area (Å²) < 4.78 is 0. The van der Waals surface area contributed by atoms with Crippen molar-refractivity contribution in [2.75, 3.05) is 19.3 Å². The second-order valence-corrected chi connectivity index (χ2v) is 5.65. The molecule has 0 aromatic carbocycles. The minimum Gasteiger partial charge on any atom is -0.347 e. The summed E-state index contributed by atoms with van der Waals surface area (Å²) in [6.07, 6.45) is 7.15. The van der Waals surface area contributed by atoms with Crippen molar-refractivity contribution < 1.29 is 0 Å². The summed E-state index contributed by atoms with van der Waals surface area (Å²) in [4.78, 5) is 5.99. The molecule has 0 N–H and O–H groups in total. The molecule has 0 fully saturated rings. The first-order valence-corrected chi connectivity index (χ1v) is 6.66. The number of rotatable bonds is 0. The number of thioether (sulfide) groups is 1. The third-order valence-corrected chi connectivity index (χ3v) is 3.49. The molecular formula is C12H19N3S. The van der Waals surface area contributed by atoms with Crippen LogP contribution in [0.3, 0.4) is 0 Å². The first-order valence-electron chi connectivity index (χ1n) is 5.44. The van der Waals surface area contributed by atoms with Gasteiger partial charge in [0.25, 0.3) is 0 Å². The summed E-state index contributed by atoms with van der Waals surface area (Å²) in [5.41, 5.74) is 1.76. The van der Waals surface area contributed by atoms with Crippen molar-refractivity contribution in [2.24, 2.45) is 10.4 Å². The molecule has 4 heteroatoms. The number of nitriles is 1. The van der Waals surface area contributed by atoms with Crippen LogP contribution in [0.2, 0.25) is 0 Å². The van der Waals surface area contributed by atoms with E-state index in [-0.39, 0.29) is 5.41 Å². The van der Waals surface area contributed by atoms with Gasteiger partial charge in [-0.3, -0.25) is 0 Å². The van der Waals surface area contributed by atoms with Gasteiger partial charge in [-0.1, -0.05) is 44.2 Å². The Bertz CT molecular complexity index is 344. The van der Waals surface area contributed by atoms with E-state index in [0.29, 0.717) is 0 Å². The quantitative estimate of drug-likeness (QED) is 0.281. The summed E-state index contributed by atoms with van der Waals surface area (Å²) in [5.74, 6) is 0. The van der Waals surface area contributed by atoms with Gasteiger partial charge in [0.05, 0.1) is 0 Å². The van der Waals surface area contributed by atoms with Gasteiger partial charge in [-0.15, -0.1) is 4.99 Å². The zero-order chi connectivity index (χ0) is 12.2. The largest absolute Gasteiger partial charge is 0.347 e. The molecule has 0 aromatic heterocycles. The number of hydrogen-bond donors (Lipinski definition) is 0. The van der Waals surface area contributed by atoms with Crippen LogP contribution >= 0.6 is 11.8 Å². The van der Waals surface area contributed by atoms with Gasteiger partial charge < -0.3 is 4.90 Å². The Hall–Kier alpha value is -0.950. The fourth-order valence-corrected chi connectivity index (χ4v) is 2.37. The SMILES string of the molecule is CSC(=NC#N)N1CC=C(C(C)(C)C)CC1. The lowest BCUT2D eigenvalue weighted by molar-refractivity contribution is 0.395. The molecule has 0 aliphatic carbocycles. The summed E-state index contributed by atoms with van der Waals surface area (Å²) >= 11 is 1.53. The number of nitrogens with zero attached hydrogens (tertiary/aromatic N) is 3. The maximum absolute atomic E-state index is 8.59. The minimum atomic E-state index is 0.262. The van der Waals surface area contributed by atoms with E-state index < -0.39 is 0 Å². The standard InChI is InChI=1S/C12H19N3S/c1-12(2,3)10-5-7-15(8-6-10)11(16-4)14-9-13/h5H,6-8H2,1-4H3. The number of amidine groups is 1. The summed E-state index contributed by atoms with van der Waals surface area (Å²) in [6.45, 7) is 8.56. The lowest BCUT2D eigenvalue weighted by Crippen LogP contribution is -2.34. The van der Waals surface area contributed by atoms with Gasteiger partial charge in [-0.2, -0.15) is 5.26 Å². The zero-order valence-electron chi connectivity index (χ0n) is 10.4. The van der Waals surface area contributed by atoms with Gasteiger partial charge in [0.1, 0.15) is 0 Å². The number of aliphatic imine (C=N–C) groups is 1. The van der Waals surface area contributed by atoms with E-state index in [9.17, 15) is 0 Å². The summed E-state index contributed by atoms with van der Waals surface area (Å²) in [5, 5.41) is 9.41. The predicted molar refractivity (Wildman–Crippen MR) is 70.3 cm³/mol. The van der Waals surface area contributed by atoms with Crippen LogP contribution < -0.4 is 0 Å². The van der Waals surface area contributed by atoms with Gasteiger partial charge >= 0.3 is 0 Å². The zero-order valence-corrected chi connectivity index (χ0v) is 11.3. The van der Waals surface area contributed by atoms with Crippen LogP contribution in [0.5, 0.6) is 0 Å². The fraction of sp³-hybridized carbons (Fsp3) is 0.667. The van der Waals surface area contributed by atoms with Crippen molar-refractivity contribution in [1.82, 2.24) is 4.90 Å². The number of hydrogen-bond acceptors (Lipinski definition) is 3. The molecular weight excluding hydrogens is 218 g/mol. The van der Waals surface area contributed by atoms with Crippen molar-refractivity contribution in [2.45, 2.75) is 27.2 Å². The Labute approximate surface area is 102 Å². The Morgan fingerprint density at radius 3 is 2.62 bits per heavy atom. The van der Waals surface area contributed by atoms with Crippen LogP contribution in [0.25, 0.3) is 0 Å². The smallest absolute Gasteiger partial charge is 0.208 e. The second-order valence-electron chi connectivity index (χ2n) is 4.87. The maximum Gasteiger partial charge on any atom is 0.208 e. The maximum atomic E-state index is 8.59. The van der Waals surface area contributed by atoms with Crippen LogP contribution in [0.4, 0.5) is 0 Å². The molecule has 0 unspecified atom stereocenters. The molecule has 0 saturated heterocycles. The molecule has 1 rings (SSSR count). The molecule has 0 spiro atoms. The molecule has 16 heavy (non-hydrogen) atoms. The second kappa shape index (κ2) is 5.40. The average molecular weight is 237 g/mol. The van der Waals surface area contributed by atoms with E-state index in [1.54, 1.807) is 0 Å². The predicted octanol–water partition coefficient (Wildman–Crippen LogP) is 2.86. The topological polar surface area (TPSA) is 39.4 Å². The molecule has 3 nitrogen and oxygen atoms in total. The Kier molecular flexibility index (Phi) is 4.43. The van der Waals surface area contributed by atoms with Crippen molar-refractivity contribution in [3.63, 3.8) is 0 Å². The molecule has 0 atom stereocenters. The fourth-order valence-electron chi connectivity index (χ4n) is 1.81. The summed E-state index contributed by atoms with van der Waals surface area (Å²) in [7, 11) is 0. The molecule has 88 valence electrons. The lowest BCUT2D eigenvalue weighted by Gasteiger charge is -2.33. The molecule has 0 amide bonds. The van der Waals surface area contributed by atoms with E-state index >= 15 is 0 Å². The molecule has 0 saturated carbocycles. The van der Waals surface area contributed by atoms with Crippen molar-refractivity contribution >= 4 is 16.9 Å². The molecule has 1 aliphatic rings.